The lowest BCUT2D eigenvalue weighted by atomic mass is 9.92. The maximum atomic E-state index is 15.1. The Labute approximate surface area is 427 Å². The second kappa shape index (κ2) is 24.7. The van der Waals surface area contributed by atoms with Crippen molar-refractivity contribution >= 4 is 52.7 Å². The number of methoxy groups -OCH3 is 1. The van der Waals surface area contributed by atoms with Crippen LogP contribution in [0.15, 0.2) is 103 Å². The number of halogens is 2. The maximum absolute atomic E-state index is 15.1. The van der Waals surface area contributed by atoms with Gasteiger partial charge in [0.2, 0.25) is 29.5 Å². The number of likely N-dealkylation sites (N-methyl/N-ethyl adjacent to an activating group) is 2. The normalized spacial score (nSPS) is 21.2. The van der Waals surface area contributed by atoms with Crippen LogP contribution in [-0.4, -0.2) is 131 Å². The van der Waals surface area contributed by atoms with Crippen LogP contribution in [0.25, 0.3) is 11.3 Å². The van der Waals surface area contributed by atoms with Crippen LogP contribution >= 0.6 is 23.2 Å². The minimum Gasteiger partial charge on any atom is -0.457 e. The number of hydrogen-bond donors (Lipinski definition) is 2. The van der Waals surface area contributed by atoms with Crippen molar-refractivity contribution in [2.24, 2.45) is 13.0 Å². The Morgan fingerprint density at radius 2 is 1.42 bits per heavy atom. The molecule has 6 rings (SSSR count). The number of amides is 5. The number of aromatic nitrogens is 2. The van der Waals surface area contributed by atoms with E-state index in [9.17, 15) is 19.2 Å². The Kier molecular flexibility index (Phi) is 18.8. The summed E-state index contributed by atoms with van der Waals surface area (Å²) in [6, 6.07) is 25.1. The van der Waals surface area contributed by atoms with Crippen molar-refractivity contribution in [3.63, 3.8) is 0 Å². The summed E-state index contributed by atoms with van der Waals surface area (Å²) >= 11 is 12.8. The van der Waals surface area contributed by atoms with Crippen molar-refractivity contribution in [3.8, 4) is 22.8 Å². The van der Waals surface area contributed by atoms with Crippen LogP contribution in [0.2, 0.25) is 10.0 Å². The molecule has 2 heterocycles. The minimum atomic E-state index is -1.20. The fourth-order valence-electron chi connectivity index (χ4n) is 8.73. The van der Waals surface area contributed by atoms with E-state index < -0.39 is 53.8 Å². The summed E-state index contributed by atoms with van der Waals surface area (Å²) in [6.07, 6.45) is 2.00. The van der Waals surface area contributed by atoms with E-state index in [1.165, 1.54) is 16.9 Å². The number of nitrogens with zero attached hydrogens (tertiary/aromatic N) is 6. The van der Waals surface area contributed by atoms with Crippen molar-refractivity contribution in [1.82, 2.24) is 39.8 Å². The summed E-state index contributed by atoms with van der Waals surface area (Å²) in [5, 5.41) is 6.85. The third kappa shape index (κ3) is 14.2. The van der Waals surface area contributed by atoms with Gasteiger partial charge in [0.15, 0.2) is 0 Å². The quantitative estimate of drug-likeness (QED) is 0.125. The SMILES string of the molecule is COC[C@@H]1NC(=O)[C@H](C)N(Cc2ccc(Cl)cc2Oc2ccc(-c3cnc(CN(C)C)n3C)cc2)C(=O)C[C@@H](Cc2ccccc2)C(=O)N(C)C(C)C(C)NC(=O)C[C@H](Cc2ccc(Cl)cc2)N(C)C1=O. The van der Waals surface area contributed by atoms with Gasteiger partial charge in [-0.3, -0.25) is 24.0 Å². The standard InChI is InChI=1S/C54H66Cl2N8O7/c1-34-35(2)61(6)53(68)41(25-37-13-11-10-12-14-37)27-51(66)64(31-40-17-22-43(56)28-48(40)71-45-23-18-39(19-24-45)47-30-57-49(63(47)8)32-60(4)5)36(3)52(67)59-46(33-70-9)54(69)62(7)44(29-50(65)58-34)26-38-15-20-42(55)21-16-38/h10-24,28,30,34-36,41,44,46H,25-27,29,31-33H2,1-9H3,(H,58,65)(H,59,67)/t34?,35?,36-,41+,44-,46-/m0/s1. The Balaban J connectivity index is 1.37. The third-order valence-electron chi connectivity index (χ3n) is 13.3. The number of carbonyl (C=O) groups is 5. The zero-order valence-electron chi connectivity index (χ0n) is 42.0. The maximum Gasteiger partial charge on any atom is 0.247 e. The van der Waals surface area contributed by atoms with Crippen LogP contribution in [0.1, 0.15) is 56.1 Å². The highest BCUT2D eigenvalue weighted by Gasteiger charge is 2.37. The molecule has 1 aliphatic heterocycles. The second-order valence-electron chi connectivity index (χ2n) is 18.7. The van der Waals surface area contributed by atoms with E-state index in [4.69, 9.17) is 32.7 Å². The number of benzene rings is 4. The van der Waals surface area contributed by atoms with Gasteiger partial charge in [0.1, 0.15) is 29.4 Å². The summed E-state index contributed by atoms with van der Waals surface area (Å²) in [5.41, 5.74) is 4.08. The van der Waals surface area contributed by atoms with Crippen molar-refractivity contribution in [1.29, 1.82) is 0 Å². The summed E-state index contributed by atoms with van der Waals surface area (Å²) in [7, 11) is 10.6. The minimum absolute atomic E-state index is 0.0829. The van der Waals surface area contributed by atoms with Crippen molar-refractivity contribution in [2.75, 3.05) is 41.9 Å². The average molecular weight is 1010 g/mol. The van der Waals surface area contributed by atoms with Crippen LogP contribution in [0.4, 0.5) is 0 Å². The zero-order chi connectivity index (χ0) is 51.5. The van der Waals surface area contributed by atoms with Gasteiger partial charge in [-0.05, 0) is 107 Å². The molecule has 15 nitrogen and oxygen atoms in total. The number of imidazole rings is 1. The van der Waals surface area contributed by atoms with Crippen LogP contribution in [-0.2, 0) is 61.7 Å². The van der Waals surface area contributed by atoms with Gasteiger partial charge in [0.25, 0.3) is 0 Å². The Bertz CT molecular complexity index is 2630. The monoisotopic (exact) mass is 1010 g/mol. The van der Waals surface area contributed by atoms with Gasteiger partial charge in [-0.1, -0.05) is 71.7 Å². The van der Waals surface area contributed by atoms with E-state index in [2.05, 4.69) is 20.5 Å². The summed E-state index contributed by atoms with van der Waals surface area (Å²) in [4.78, 5) is 84.0. The number of hydrogen-bond acceptors (Lipinski definition) is 9. The first-order valence-corrected chi connectivity index (χ1v) is 24.5. The van der Waals surface area contributed by atoms with E-state index in [0.717, 1.165) is 28.2 Å². The fraction of sp³-hybridized carbons (Fsp3) is 0.407. The molecular weight excluding hydrogens is 944 g/mol. The molecule has 2 N–H and O–H groups in total. The molecule has 1 fully saturated rings. The molecule has 2 unspecified atom stereocenters. The molecule has 0 bridgehead atoms. The predicted octanol–water partition coefficient (Wildman–Crippen LogP) is 7.17. The molecule has 1 aliphatic rings. The second-order valence-corrected chi connectivity index (χ2v) is 19.6. The van der Waals surface area contributed by atoms with Crippen molar-refractivity contribution in [3.05, 3.63) is 136 Å². The summed E-state index contributed by atoms with van der Waals surface area (Å²) < 4.78 is 14.0. The largest absolute Gasteiger partial charge is 0.457 e. The first kappa shape index (κ1) is 54.1. The molecule has 17 heteroatoms. The Morgan fingerprint density at radius 1 is 0.761 bits per heavy atom. The molecular formula is C54H66Cl2N8O7. The van der Waals surface area contributed by atoms with E-state index in [0.29, 0.717) is 40.1 Å². The molecule has 0 spiro atoms. The average Bonchev–Trinajstić information content (AvgIpc) is 3.70. The summed E-state index contributed by atoms with van der Waals surface area (Å²) in [5.74, 6) is -1.36. The molecule has 0 saturated carbocycles. The molecule has 0 aliphatic carbocycles. The molecule has 1 saturated heterocycles. The van der Waals surface area contributed by atoms with E-state index in [1.807, 2.05) is 112 Å². The lowest BCUT2D eigenvalue weighted by molar-refractivity contribution is -0.147. The molecule has 71 heavy (non-hydrogen) atoms. The molecule has 5 amide bonds. The third-order valence-corrected chi connectivity index (χ3v) is 13.8. The van der Waals surface area contributed by atoms with Gasteiger partial charge in [-0.2, -0.15) is 0 Å². The fourth-order valence-corrected chi connectivity index (χ4v) is 9.02. The zero-order valence-corrected chi connectivity index (χ0v) is 43.5. The highest BCUT2D eigenvalue weighted by molar-refractivity contribution is 6.31. The molecule has 6 atom stereocenters. The first-order chi connectivity index (χ1) is 33.8. The van der Waals surface area contributed by atoms with Crippen molar-refractivity contribution in [2.45, 2.75) is 89.8 Å². The topological polar surface area (TPSA) is 159 Å². The highest BCUT2D eigenvalue weighted by Crippen LogP contribution is 2.33. The Hall–Kier alpha value is -6.26. The predicted molar refractivity (Wildman–Crippen MR) is 276 cm³/mol. The van der Waals surface area contributed by atoms with Gasteiger partial charge in [-0.15, -0.1) is 0 Å². The van der Waals surface area contributed by atoms with Gasteiger partial charge < -0.3 is 44.3 Å². The van der Waals surface area contributed by atoms with E-state index in [-0.39, 0.29) is 44.2 Å². The number of rotatable bonds is 13. The van der Waals surface area contributed by atoms with Crippen LogP contribution in [0, 0.1) is 5.92 Å². The number of ether oxygens (including phenoxy) is 2. The molecule has 378 valence electrons. The molecule has 4 aromatic carbocycles. The van der Waals surface area contributed by atoms with E-state index in [1.54, 1.807) is 56.3 Å². The molecule has 0 radical (unpaired) electrons. The van der Waals surface area contributed by atoms with Gasteiger partial charge in [0, 0.05) is 80.4 Å². The number of carbonyl (C=O) groups excluding carboxylic acids is 5. The van der Waals surface area contributed by atoms with Crippen LogP contribution in [0.3, 0.4) is 0 Å². The van der Waals surface area contributed by atoms with Crippen LogP contribution < -0.4 is 15.4 Å². The lowest BCUT2D eigenvalue weighted by Crippen LogP contribution is -2.58. The molecule has 1 aromatic heterocycles. The highest BCUT2D eigenvalue weighted by atomic mass is 35.5. The lowest BCUT2D eigenvalue weighted by Gasteiger charge is -2.36. The van der Waals surface area contributed by atoms with Gasteiger partial charge in [0.05, 0.1) is 37.5 Å². The Morgan fingerprint density at radius 3 is 2.08 bits per heavy atom. The van der Waals surface area contributed by atoms with Gasteiger partial charge >= 0.3 is 0 Å². The first-order valence-electron chi connectivity index (χ1n) is 23.7. The van der Waals surface area contributed by atoms with E-state index >= 15 is 4.79 Å². The molecule has 5 aromatic rings. The summed E-state index contributed by atoms with van der Waals surface area (Å²) in [6.45, 7) is 5.60. The van der Waals surface area contributed by atoms with Crippen molar-refractivity contribution < 1.29 is 33.4 Å². The van der Waals surface area contributed by atoms with Crippen LogP contribution in [0.5, 0.6) is 11.5 Å². The number of nitrogens with one attached hydrogen (secondary N) is 2. The van der Waals surface area contributed by atoms with Gasteiger partial charge in [-0.25, -0.2) is 4.98 Å². The smallest absolute Gasteiger partial charge is 0.247 e.